The summed E-state index contributed by atoms with van der Waals surface area (Å²) in [7, 11) is 2.19. The molecule has 2 nitrogen and oxygen atoms in total. The molecule has 2 rings (SSSR count). The molecule has 0 saturated heterocycles. The lowest BCUT2D eigenvalue weighted by Gasteiger charge is -2.12. The van der Waals surface area contributed by atoms with Crippen molar-refractivity contribution in [1.82, 2.24) is 0 Å². The van der Waals surface area contributed by atoms with Crippen LogP contribution in [0, 0.1) is 0 Å². The number of nitrogens with zero attached hydrogens (tertiary/aromatic N) is 1. The van der Waals surface area contributed by atoms with Gasteiger partial charge in [0.05, 0.1) is 0 Å². The van der Waals surface area contributed by atoms with Crippen LogP contribution in [0.5, 0.6) is 0 Å². The summed E-state index contributed by atoms with van der Waals surface area (Å²) in [5.41, 5.74) is 10.0. The average Bonchev–Trinajstić information content (AvgIpc) is 2.63. The van der Waals surface area contributed by atoms with Crippen molar-refractivity contribution in [2.24, 2.45) is 5.73 Å². The van der Waals surface area contributed by atoms with Crippen molar-refractivity contribution >= 4 is 5.69 Å². The molecule has 2 N–H and O–H groups in total. The van der Waals surface area contributed by atoms with Gasteiger partial charge in [0.1, 0.15) is 0 Å². The first-order valence-corrected chi connectivity index (χ1v) is 6.30. The fraction of sp³-hybridized carbons (Fsp3) is 0.571. The van der Waals surface area contributed by atoms with Crippen molar-refractivity contribution in [3.05, 3.63) is 29.3 Å². The van der Waals surface area contributed by atoms with E-state index in [1.54, 1.807) is 0 Å². The van der Waals surface area contributed by atoms with Crippen LogP contribution in [0.3, 0.4) is 0 Å². The second-order valence-corrected chi connectivity index (χ2v) is 4.76. The van der Waals surface area contributed by atoms with E-state index in [-0.39, 0.29) is 0 Å². The first kappa shape index (κ1) is 11.5. The van der Waals surface area contributed by atoms with Gasteiger partial charge < -0.3 is 10.6 Å². The van der Waals surface area contributed by atoms with E-state index in [1.165, 1.54) is 23.2 Å². The molecule has 0 saturated carbocycles. The maximum absolute atomic E-state index is 5.60. The zero-order valence-corrected chi connectivity index (χ0v) is 10.4. The summed E-state index contributed by atoms with van der Waals surface area (Å²) in [6, 6.07) is 6.91. The highest BCUT2D eigenvalue weighted by Crippen LogP contribution is 2.38. The number of rotatable bonds is 4. The summed E-state index contributed by atoms with van der Waals surface area (Å²) in [6.07, 6.45) is 3.48. The smallest absolute Gasteiger partial charge is 0.0400 e. The van der Waals surface area contributed by atoms with E-state index in [9.17, 15) is 0 Å². The van der Waals surface area contributed by atoms with Gasteiger partial charge in [-0.05, 0) is 43.0 Å². The Morgan fingerprint density at radius 3 is 2.94 bits per heavy atom. The highest BCUT2D eigenvalue weighted by Gasteiger charge is 2.25. The highest BCUT2D eigenvalue weighted by molar-refractivity contribution is 5.60. The van der Waals surface area contributed by atoms with Crippen LogP contribution >= 0.6 is 0 Å². The minimum absolute atomic E-state index is 0.690. The summed E-state index contributed by atoms with van der Waals surface area (Å²) >= 11 is 0. The van der Waals surface area contributed by atoms with E-state index in [2.05, 4.69) is 37.1 Å². The predicted octanol–water partition coefficient (Wildman–Crippen LogP) is 2.52. The number of nitrogens with two attached hydrogens (primary N) is 1. The van der Waals surface area contributed by atoms with Gasteiger partial charge in [-0.15, -0.1) is 0 Å². The van der Waals surface area contributed by atoms with E-state index in [0.29, 0.717) is 5.92 Å². The quantitative estimate of drug-likeness (QED) is 0.841. The van der Waals surface area contributed by atoms with Crippen LogP contribution in [0.1, 0.15) is 36.8 Å². The maximum atomic E-state index is 5.60. The lowest BCUT2D eigenvalue weighted by atomic mass is 9.94. The van der Waals surface area contributed by atoms with Crippen LogP contribution < -0.4 is 10.6 Å². The molecular weight excluding hydrogens is 196 g/mol. The molecule has 0 spiro atoms. The molecule has 16 heavy (non-hydrogen) atoms. The fourth-order valence-corrected chi connectivity index (χ4v) is 2.64. The lowest BCUT2D eigenvalue weighted by Crippen LogP contribution is -2.15. The predicted molar refractivity (Wildman–Crippen MR) is 70.1 cm³/mol. The van der Waals surface area contributed by atoms with Gasteiger partial charge in [0.25, 0.3) is 0 Å². The van der Waals surface area contributed by atoms with Crippen molar-refractivity contribution < 1.29 is 0 Å². The normalized spacial score (nSPS) is 18.9. The van der Waals surface area contributed by atoms with Gasteiger partial charge in [-0.2, -0.15) is 0 Å². The Balaban J connectivity index is 2.23. The molecule has 1 aromatic rings. The molecule has 1 heterocycles. The second-order valence-electron chi connectivity index (χ2n) is 4.76. The molecule has 0 amide bonds. The van der Waals surface area contributed by atoms with Gasteiger partial charge in [0.15, 0.2) is 0 Å². The lowest BCUT2D eigenvalue weighted by molar-refractivity contribution is 0.620. The highest BCUT2D eigenvalue weighted by atomic mass is 15.1. The van der Waals surface area contributed by atoms with Crippen LogP contribution in [0.25, 0.3) is 0 Å². The van der Waals surface area contributed by atoms with E-state index >= 15 is 0 Å². The van der Waals surface area contributed by atoms with Crippen LogP contribution in [0.15, 0.2) is 18.2 Å². The molecule has 88 valence electrons. The van der Waals surface area contributed by atoms with E-state index in [0.717, 1.165) is 25.9 Å². The first-order chi connectivity index (χ1) is 7.76. The molecule has 1 aliphatic rings. The Morgan fingerprint density at radius 2 is 2.25 bits per heavy atom. The Bertz CT molecular complexity index is 360. The van der Waals surface area contributed by atoms with E-state index in [1.807, 2.05) is 0 Å². The molecule has 2 heteroatoms. The van der Waals surface area contributed by atoms with Gasteiger partial charge in [-0.1, -0.05) is 19.1 Å². The molecule has 1 unspecified atom stereocenters. The molecule has 1 atom stereocenters. The SMILES string of the molecule is CCc1ccc2c(c1)C(CCCN)CN2C. The Morgan fingerprint density at radius 1 is 1.44 bits per heavy atom. The van der Waals surface area contributed by atoms with Crippen molar-refractivity contribution in [1.29, 1.82) is 0 Å². The van der Waals surface area contributed by atoms with Gasteiger partial charge in [0.2, 0.25) is 0 Å². The van der Waals surface area contributed by atoms with E-state index < -0.39 is 0 Å². The fourth-order valence-electron chi connectivity index (χ4n) is 2.64. The first-order valence-electron chi connectivity index (χ1n) is 6.30. The molecule has 0 aromatic heterocycles. The van der Waals surface area contributed by atoms with Gasteiger partial charge in [-0.25, -0.2) is 0 Å². The maximum Gasteiger partial charge on any atom is 0.0400 e. The third-order valence-electron chi connectivity index (χ3n) is 3.60. The minimum atomic E-state index is 0.690. The zero-order chi connectivity index (χ0) is 11.5. The van der Waals surface area contributed by atoms with Gasteiger partial charge >= 0.3 is 0 Å². The van der Waals surface area contributed by atoms with Gasteiger partial charge in [-0.3, -0.25) is 0 Å². The average molecular weight is 218 g/mol. The molecule has 1 aliphatic heterocycles. The Hall–Kier alpha value is -1.02. The minimum Gasteiger partial charge on any atom is -0.374 e. The largest absolute Gasteiger partial charge is 0.374 e. The number of fused-ring (bicyclic) bond motifs is 1. The standard InChI is InChI=1S/C14H22N2/c1-3-11-6-7-14-13(9-11)12(5-4-8-15)10-16(14)2/h6-7,9,12H,3-5,8,10,15H2,1-2H3. The van der Waals surface area contributed by atoms with Crippen molar-refractivity contribution in [2.45, 2.75) is 32.1 Å². The summed E-state index contributed by atoms with van der Waals surface area (Å²) in [4.78, 5) is 2.37. The Labute approximate surface area is 98.4 Å². The van der Waals surface area contributed by atoms with Crippen LogP contribution in [-0.2, 0) is 6.42 Å². The topological polar surface area (TPSA) is 29.3 Å². The molecule has 0 radical (unpaired) electrons. The number of likely N-dealkylation sites (N-methyl/N-ethyl adjacent to an activating group) is 1. The number of hydrogen-bond acceptors (Lipinski definition) is 2. The third kappa shape index (κ3) is 2.07. The monoisotopic (exact) mass is 218 g/mol. The summed E-state index contributed by atoms with van der Waals surface area (Å²) in [6.45, 7) is 4.18. The number of benzene rings is 1. The van der Waals surface area contributed by atoms with Crippen molar-refractivity contribution in [3.8, 4) is 0 Å². The van der Waals surface area contributed by atoms with Crippen molar-refractivity contribution in [3.63, 3.8) is 0 Å². The summed E-state index contributed by atoms with van der Waals surface area (Å²) < 4.78 is 0. The molecule has 0 fully saturated rings. The van der Waals surface area contributed by atoms with Crippen LogP contribution in [0.4, 0.5) is 5.69 Å². The van der Waals surface area contributed by atoms with Crippen LogP contribution in [-0.4, -0.2) is 20.1 Å². The molecule has 0 bridgehead atoms. The summed E-state index contributed by atoms with van der Waals surface area (Å²) in [5.74, 6) is 0.690. The molecular formula is C14H22N2. The number of hydrogen-bond donors (Lipinski definition) is 1. The number of anilines is 1. The summed E-state index contributed by atoms with van der Waals surface area (Å²) in [5, 5.41) is 0. The van der Waals surface area contributed by atoms with Gasteiger partial charge in [0, 0.05) is 25.2 Å². The van der Waals surface area contributed by atoms with E-state index in [4.69, 9.17) is 5.73 Å². The molecule has 0 aliphatic carbocycles. The third-order valence-corrected chi connectivity index (χ3v) is 3.60. The molecule has 1 aromatic carbocycles. The number of aryl methyl sites for hydroxylation is 1. The van der Waals surface area contributed by atoms with Crippen LogP contribution in [0.2, 0.25) is 0 Å². The second kappa shape index (κ2) is 4.88. The Kier molecular flexibility index (Phi) is 3.49. The van der Waals surface area contributed by atoms with Crippen molar-refractivity contribution in [2.75, 3.05) is 25.0 Å². The zero-order valence-electron chi connectivity index (χ0n) is 10.4.